The van der Waals surface area contributed by atoms with Crippen molar-refractivity contribution in [3.8, 4) is 5.69 Å². The summed E-state index contributed by atoms with van der Waals surface area (Å²) in [5.74, 6) is 1.29. The van der Waals surface area contributed by atoms with Gasteiger partial charge in [-0.2, -0.15) is 0 Å². The largest absolute Gasteiger partial charge is 0.355 e. The first-order valence-electron chi connectivity index (χ1n) is 7.13. The van der Waals surface area contributed by atoms with Crippen LogP contribution in [0.5, 0.6) is 0 Å². The van der Waals surface area contributed by atoms with E-state index in [0.29, 0.717) is 5.92 Å². The van der Waals surface area contributed by atoms with E-state index in [1.807, 2.05) is 42.0 Å². The average molecular weight is 286 g/mol. The van der Waals surface area contributed by atoms with Gasteiger partial charge in [-0.05, 0) is 31.0 Å². The van der Waals surface area contributed by atoms with Crippen LogP contribution in [0.1, 0.15) is 26.5 Å². The molecule has 1 aromatic carbocycles. The second-order valence-corrected chi connectivity index (χ2v) is 5.58. The highest BCUT2D eigenvalue weighted by molar-refractivity contribution is 5.88. The van der Waals surface area contributed by atoms with Gasteiger partial charge in [0.05, 0.1) is 11.4 Å². The number of anilines is 2. The van der Waals surface area contributed by atoms with Crippen LogP contribution in [0.4, 0.5) is 11.6 Å². The highest BCUT2D eigenvalue weighted by Crippen LogP contribution is 2.20. The van der Waals surface area contributed by atoms with Crippen LogP contribution >= 0.6 is 0 Å². The lowest BCUT2D eigenvalue weighted by Gasteiger charge is -2.12. The summed E-state index contributed by atoms with van der Waals surface area (Å²) in [7, 11) is 0. The van der Waals surface area contributed by atoms with Crippen LogP contribution in [0.25, 0.3) is 5.69 Å². The minimum absolute atomic E-state index is 0.0767. The summed E-state index contributed by atoms with van der Waals surface area (Å²) in [5.41, 5.74) is 2.69. The molecule has 0 aliphatic rings. The number of aryl methyl sites for hydroxylation is 1. The Morgan fingerprint density at radius 2 is 2.14 bits per heavy atom. The Bertz CT molecular complexity index is 631. The molecule has 0 spiro atoms. The normalized spacial score (nSPS) is 10.7. The fourth-order valence-electron chi connectivity index (χ4n) is 2.05. The predicted octanol–water partition coefficient (Wildman–Crippen LogP) is 3.21. The Balaban J connectivity index is 2.30. The van der Waals surface area contributed by atoms with Crippen LogP contribution < -0.4 is 10.6 Å². The number of imidazole rings is 1. The molecule has 1 heterocycles. The van der Waals surface area contributed by atoms with E-state index in [4.69, 9.17) is 0 Å². The van der Waals surface area contributed by atoms with Crippen molar-refractivity contribution in [3.63, 3.8) is 0 Å². The number of amides is 1. The third-order valence-electron chi connectivity index (χ3n) is 2.94. The van der Waals surface area contributed by atoms with E-state index < -0.39 is 0 Å². The Morgan fingerprint density at radius 1 is 1.38 bits per heavy atom. The minimum atomic E-state index is -0.0767. The van der Waals surface area contributed by atoms with E-state index in [2.05, 4.69) is 29.5 Å². The van der Waals surface area contributed by atoms with Crippen LogP contribution in [-0.2, 0) is 4.79 Å². The van der Waals surface area contributed by atoms with Gasteiger partial charge in [-0.25, -0.2) is 4.98 Å². The Hall–Kier alpha value is -2.30. The van der Waals surface area contributed by atoms with Gasteiger partial charge in [0, 0.05) is 25.4 Å². The van der Waals surface area contributed by atoms with Crippen LogP contribution in [0.2, 0.25) is 0 Å². The Morgan fingerprint density at radius 3 is 2.81 bits per heavy atom. The van der Waals surface area contributed by atoms with Crippen molar-refractivity contribution in [2.75, 3.05) is 17.2 Å². The van der Waals surface area contributed by atoms with Gasteiger partial charge in [0.2, 0.25) is 11.9 Å². The Labute approximate surface area is 125 Å². The molecule has 2 aromatic rings. The molecule has 112 valence electrons. The lowest BCUT2D eigenvalue weighted by atomic mass is 10.2. The standard InChI is InChI=1S/C16H22N4O/c1-11(2)9-17-16-18-12(3)10-20(16)15-7-5-6-14(8-15)19-13(4)21/h5-8,10-11H,9H2,1-4H3,(H,17,18)(H,19,21). The molecule has 0 fully saturated rings. The number of benzene rings is 1. The molecule has 2 N–H and O–H groups in total. The van der Waals surface area contributed by atoms with E-state index in [1.54, 1.807) is 0 Å². The van der Waals surface area contributed by atoms with Gasteiger partial charge < -0.3 is 10.6 Å². The third-order valence-corrected chi connectivity index (χ3v) is 2.94. The zero-order chi connectivity index (χ0) is 15.4. The smallest absolute Gasteiger partial charge is 0.221 e. The number of aromatic nitrogens is 2. The maximum Gasteiger partial charge on any atom is 0.221 e. The van der Waals surface area contributed by atoms with Gasteiger partial charge in [-0.15, -0.1) is 0 Å². The van der Waals surface area contributed by atoms with E-state index in [1.165, 1.54) is 6.92 Å². The molecule has 0 saturated heterocycles. The molecule has 0 aliphatic heterocycles. The lowest BCUT2D eigenvalue weighted by molar-refractivity contribution is -0.114. The van der Waals surface area contributed by atoms with Crippen molar-refractivity contribution in [3.05, 3.63) is 36.2 Å². The molecule has 21 heavy (non-hydrogen) atoms. The summed E-state index contributed by atoms with van der Waals surface area (Å²) in [6.45, 7) is 8.65. The van der Waals surface area contributed by atoms with Crippen LogP contribution in [0.3, 0.4) is 0 Å². The number of rotatable bonds is 5. The van der Waals surface area contributed by atoms with Gasteiger partial charge in [0.15, 0.2) is 0 Å². The van der Waals surface area contributed by atoms with Crippen LogP contribution in [-0.4, -0.2) is 22.0 Å². The maximum atomic E-state index is 11.2. The molecule has 1 aromatic heterocycles. The van der Waals surface area contributed by atoms with E-state index >= 15 is 0 Å². The first-order chi connectivity index (χ1) is 9.95. The highest BCUT2D eigenvalue weighted by Gasteiger charge is 2.08. The molecule has 0 atom stereocenters. The second kappa shape index (κ2) is 6.43. The van der Waals surface area contributed by atoms with E-state index in [9.17, 15) is 4.79 Å². The lowest BCUT2D eigenvalue weighted by Crippen LogP contribution is -2.12. The van der Waals surface area contributed by atoms with Gasteiger partial charge in [0.1, 0.15) is 0 Å². The van der Waals surface area contributed by atoms with Crippen LogP contribution in [0, 0.1) is 12.8 Å². The summed E-state index contributed by atoms with van der Waals surface area (Å²) in [4.78, 5) is 15.7. The summed E-state index contributed by atoms with van der Waals surface area (Å²) < 4.78 is 2.00. The zero-order valence-corrected chi connectivity index (χ0v) is 13.0. The predicted molar refractivity (Wildman–Crippen MR) is 85.9 cm³/mol. The van der Waals surface area contributed by atoms with Crippen molar-refractivity contribution in [1.82, 2.24) is 9.55 Å². The first kappa shape index (κ1) is 15.1. The molecular weight excluding hydrogens is 264 g/mol. The fourth-order valence-corrected chi connectivity index (χ4v) is 2.05. The van der Waals surface area contributed by atoms with E-state index in [0.717, 1.165) is 29.6 Å². The maximum absolute atomic E-state index is 11.2. The number of hydrogen-bond donors (Lipinski definition) is 2. The molecule has 1 amide bonds. The van der Waals surface area contributed by atoms with Crippen molar-refractivity contribution >= 4 is 17.5 Å². The number of hydrogen-bond acceptors (Lipinski definition) is 3. The SMILES string of the molecule is CC(=O)Nc1cccc(-n2cc(C)nc2NCC(C)C)c1. The summed E-state index contributed by atoms with van der Waals surface area (Å²) in [5, 5.41) is 6.16. The summed E-state index contributed by atoms with van der Waals surface area (Å²) in [6.07, 6.45) is 1.98. The fraction of sp³-hybridized carbons (Fsp3) is 0.375. The molecule has 0 saturated carbocycles. The molecule has 2 rings (SSSR count). The van der Waals surface area contributed by atoms with Gasteiger partial charge in [-0.1, -0.05) is 19.9 Å². The molecule has 0 radical (unpaired) electrons. The van der Waals surface area contributed by atoms with Crippen molar-refractivity contribution in [2.45, 2.75) is 27.7 Å². The van der Waals surface area contributed by atoms with Gasteiger partial charge in [0.25, 0.3) is 0 Å². The molecule has 0 aliphatic carbocycles. The molecular formula is C16H22N4O. The molecule has 5 nitrogen and oxygen atoms in total. The number of carbonyl (C=O) groups excluding carboxylic acids is 1. The van der Waals surface area contributed by atoms with E-state index in [-0.39, 0.29) is 5.91 Å². The monoisotopic (exact) mass is 286 g/mol. The topological polar surface area (TPSA) is 59.0 Å². The third kappa shape index (κ3) is 4.08. The average Bonchev–Trinajstić information content (AvgIpc) is 2.77. The van der Waals surface area contributed by atoms with Crippen molar-refractivity contribution < 1.29 is 4.79 Å². The van der Waals surface area contributed by atoms with Crippen molar-refractivity contribution in [1.29, 1.82) is 0 Å². The molecule has 0 unspecified atom stereocenters. The number of carbonyl (C=O) groups is 1. The second-order valence-electron chi connectivity index (χ2n) is 5.58. The number of nitrogens with one attached hydrogen (secondary N) is 2. The van der Waals surface area contributed by atoms with Gasteiger partial charge in [-0.3, -0.25) is 9.36 Å². The highest BCUT2D eigenvalue weighted by atomic mass is 16.1. The quantitative estimate of drug-likeness (QED) is 0.887. The zero-order valence-electron chi connectivity index (χ0n) is 13.0. The van der Waals surface area contributed by atoms with Gasteiger partial charge >= 0.3 is 0 Å². The first-order valence-corrected chi connectivity index (χ1v) is 7.13. The van der Waals surface area contributed by atoms with Crippen molar-refractivity contribution in [2.24, 2.45) is 5.92 Å². The summed E-state index contributed by atoms with van der Waals surface area (Å²) >= 11 is 0. The van der Waals surface area contributed by atoms with Crippen LogP contribution in [0.15, 0.2) is 30.5 Å². The Kier molecular flexibility index (Phi) is 4.62. The molecule has 5 heteroatoms. The molecule has 0 bridgehead atoms. The summed E-state index contributed by atoms with van der Waals surface area (Å²) in [6, 6.07) is 7.72. The number of nitrogens with zero attached hydrogens (tertiary/aromatic N) is 2. The minimum Gasteiger partial charge on any atom is -0.355 e.